The Hall–Kier alpha value is -2.14. The van der Waals surface area contributed by atoms with Gasteiger partial charge in [-0.3, -0.25) is 9.78 Å². The van der Waals surface area contributed by atoms with Crippen molar-refractivity contribution < 1.29 is 9.53 Å². The van der Waals surface area contributed by atoms with Gasteiger partial charge in [0, 0.05) is 42.9 Å². The SMILES string of the molecule is CCNC(=O)CCC1=CCc2cc(-c3cccnc3)cc(Br)c2O1. The minimum Gasteiger partial charge on any atom is -0.461 e. The third kappa shape index (κ3) is 3.85. The maximum atomic E-state index is 11.6. The summed E-state index contributed by atoms with van der Waals surface area (Å²) in [7, 11) is 0. The van der Waals surface area contributed by atoms with Crippen LogP contribution in [0.15, 0.2) is 53.0 Å². The maximum Gasteiger partial charge on any atom is 0.220 e. The first kappa shape index (κ1) is 16.7. The fraction of sp³-hybridized carbons (Fsp3) is 0.263. The standard InChI is InChI=1S/C19H19BrN2O2/c1-2-22-18(23)8-7-16-6-5-13-10-15(11-17(20)19(13)24-16)14-4-3-9-21-12-14/h3-4,6,9-12H,2,5,7-8H2,1H3,(H,22,23). The highest BCUT2D eigenvalue weighted by Crippen LogP contribution is 2.38. The molecule has 0 radical (unpaired) electrons. The number of rotatable bonds is 5. The Morgan fingerprint density at radius 3 is 3.00 bits per heavy atom. The highest BCUT2D eigenvalue weighted by molar-refractivity contribution is 9.10. The molecule has 1 aromatic heterocycles. The molecule has 1 aromatic carbocycles. The number of aromatic nitrogens is 1. The van der Waals surface area contributed by atoms with Crippen LogP contribution in [-0.4, -0.2) is 17.4 Å². The number of carbonyl (C=O) groups is 1. The quantitative estimate of drug-likeness (QED) is 0.835. The van der Waals surface area contributed by atoms with Crippen molar-refractivity contribution in [2.75, 3.05) is 6.54 Å². The van der Waals surface area contributed by atoms with E-state index >= 15 is 0 Å². The minimum atomic E-state index is 0.0544. The Morgan fingerprint density at radius 2 is 2.25 bits per heavy atom. The summed E-state index contributed by atoms with van der Waals surface area (Å²) in [6.07, 6.45) is 7.53. The van der Waals surface area contributed by atoms with E-state index in [1.807, 2.05) is 31.3 Å². The van der Waals surface area contributed by atoms with Crippen molar-refractivity contribution in [3.63, 3.8) is 0 Å². The van der Waals surface area contributed by atoms with Gasteiger partial charge in [-0.1, -0.05) is 6.07 Å². The lowest BCUT2D eigenvalue weighted by Crippen LogP contribution is -2.22. The summed E-state index contributed by atoms with van der Waals surface area (Å²) in [5.41, 5.74) is 3.31. The molecular formula is C19H19BrN2O2. The normalized spacial score (nSPS) is 12.8. The van der Waals surface area contributed by atoms with E-state index in [1.165, 1.54) is 0 Å². The summed E-state index contributed by atoms with van der Waals surface area (Å²) in [6, 6.07) is 8.15. The summed E-state index contributed by atoms with van der Waals surface area (Å²) in [5.74, 6) is 1.75. The lowest BCUT2D eigenvalue weighted by Gasteiger charge is -2.20. The molecule has 124 valence electrons. The molecule has 0 fully saturated rings. The van der Waals surface area contributed by atoms with Gasteiger partial charge in [-0.05, 0) is 59.1 Å². The molecule has 5 heteroatoms. The molecular weight excluding hydrogens is 368 g/mol. The number of nitrogens with one attached hydrogen (secondary N) is 1. The lowest BCUT2D eigenvalue weighted by molar-refractivity contribution is -0.121. The summed E-state index contributed by atoms with van der Waals surface area (Å²) >= 11 is 3.61. The molecule has 0 unspecified atom stereocenters. The molecule has 1 amide bonds. The third-order valence-corrected chi connectivity index (χ3v) is 4.46. The molecule has 0 saturated heterocycles. The summed E-state index contributed by atoms with van der Waals surface area (Å²) in [4.78, 5) is 15.8. The molecule has 0 bridgehead atoms. The molecule has 24 heavy (non-hydrogen) atoms. The van der Waals surface area contributed by atoms with Gasteiger partial charge in [-0.2, -0.15) is 0 Å². The first-order chi connectivity index (χ1) is 11.7. The molecule has 1 N–H and O–H groups in total. The number of fused-ring (bicyclic) bond motifs is 1. The Balaban J connectivity index is 1.75. The zero-order valence-electron chi connectivity index (χ0n) is 13.5. The number of ether oxygens (including phenoxy) is 1. The summed E-state index contributed by atoms with van der Waals surface area (Å²) in [5, 5.41) is 2.80. The number of allylic oxidation sites excluding steroid dienone is 2. The number of hydrogen-bond donors (Lipinski definition) is 1. The van der Waals surface area contributed by atoms with Gasteiger partial charge in [0.15, 0.2) is 0 Å². The number of amides is 1. The van der Waals surface area contributed by atoms with Crippen LogP contribution in [0.3, 0.4) is 0 Å². The van der Waals surface area contributed by atoms with Crippen LogP contribution in [0.5, 0.6) is 5.75 Å². The molecule has 4 nitrogen and oxygen atoms in total. The molecule has 0 atom stereocenters. The van der Waals surface area contributed by atoms with Crippen LogP contribution in [-0.2, 0) is 11.2 Å². The van der Waals surface area contributed by atoms with Crippen LogP contribution >= 0.6 is 15.9 Å². The van der Waals surface area contributed by atoms with Crippen molar-refractivity contribution in [1.29, 1.82) is 0 Å². The van der Waals surface area contributed by atoms with Gasteiger partial charge >= 0.3 is 0 Å². The number of nitrogens with zero attached hydrogens (tertiary/aromatic N) is 1. The van der Waals surface area contributed by atoms with Gasteiger partial charge in [0.2, 0.25) is 5.91 Å². The van der Waals surface area contributed by atoms with Crippen LogP contribution < -0.4 is 10.1 Å². The smallest absolute Gasteiger partial charge is 0.220 e. The second-order valence-electron chi connectivity index (χ2n) is 5.62. The molecule has 2 aromatic rings. The summed E-state index contributed by atoms with van der Waals surface area (Å²) < 4.78 is 6.92. The molecule has 0 saturated carbocycles. The summed E-state index contributed by atoms with van der Waals surface area (Å²) in [6.45, 7) is 2.58. The van der Waals surface area contributed by atoms with Crippen LogP contribution in [0.4, 0.5) is 0 Å². The number of halogens is 1. The largest absolute Gasteiger partial charge is 0.461 e. The number of benzene rings is 1. The van der Waals surface area contributed by atoms with Crippen molar-refractivity contribution in [2.24, 2.45) is 0 Å². The molecule has 1 aliphatic rings. The third-order valence-electron chi connectivity index (χ3n) is 3.87. The van der Waals surface area contributed by atoms with Gasteiger partial charge < -0.3 is 10.1 Å². The van der Waals surface area contributed by atoms with Crippen molar-refractivity contribution >= 4 is 21.8 Å². The first-order valence-corrected chi connectivity index (χ1v) is 8.83. The molecule has 0 aliphatic carbocycles. The van der Waals surface area contributed by atoms with E-state index in [9.17, 15) is 4.79 Å². The first-order valence-electron chi connectivity index (χ1n) is 8.03. The number of hydrogen-bond acceptors (Lipinski definition) is 3. The Morgan fingerprint density at radius 1 is 1.38 bits per heavy atom. The van der Waals surface area contributed by atoms with Crippen LogP contribution in [0.1, 0.15) is 25.3 Å². The van der Waals surface area contributed by atoms with Crippen molar-refractivity contribution in [3.05, 3.63) is 58.5 Å². The van der Waals surface area contributed by atoms with Crippen LogP contribution in [0.2, 0.25) is 0 Å². The second kappa shape index (κ2) is 7.62. The Labute approximate surface area is 150 Å². The fourth-order valence-corrected chi connectivity index (χ4v) is 3.27. The average Bonchev–Trinajstić information content (AvgIpc) is 2.61. The molecule has 0 spiro atoms. The lowest BCUT2D eigenvalue weighted by atomic mass is 10.00. The van der Waals surface area contributed by atoms with Gasteiger partial charge in [0.1, 0.15) is 11.5 Å². The van der Waals surface area contributed by atoms with Gasteiger partial charge in [-0.25, -0.2) is 0 Å². The van der Waals surface area contributed by atoms with E-state index in [0.29, 0.717) is 19.4 Å². The van der Waals surface area contributed by atoms with Gasteiger partial charge in [-0.15, -0.1) is 0 Å². The van der Waals surface area contributed by atoms with Gasteiger partial charge in [0.05, 0.1) is 4.47 Å². The minimum absolute atomic E-state index is 0.0544. The highest BCUT2D eigenvalue weighted by atomic mass is 79.9. The Kier molecular flexibility index (Phi) is 5.30. The Bertz CT molecular complexity index is 772. The van der Waals surface area contributed by atoms with Crippen molar-refractivity contribution in [2.45, 2.75) is 26.2 Å². The second-order valence-corrected chi connectivity index (χ2v) is 6.47. The molecule has 1 aliphatic heterocycles. The van der Waals surface area contributed by atoms with E-state index in [1.54, 1.807) is 6.20 Å². The topological polar surface area (TPSA) is 51.2 Å². The van der Waals surface area contributed by atoms with Crippen molar-refractivity contribution in [3.8, 4) is 16.9 Å². The fourth-order valence-electron chi connectivity index (χ4n) is 2.69. The monoisotopic (exact) mass is 386 g/mol. The van der Waals surface area contributed by atoms with E-state index < -0.39 is 0 Å². The van der Waals surface area contributed by atoms with Crippen molar-refractivity contribution in [1.82, 2.24) is 10.3 Å². The predicted octanol–water partition coefficient (Wildman–Crippen LogP) is 4.25. The zero-order valence-corrected chi connectivity index (χ0v) is 15.1. The predicted molar refractivity (Wildman–Crippen MR) is 97.7 cm³/mol. The maximum absolute atomic E-state index is 11.6. The van der Waals surface area contributed by atoms with Crippen LogP contribution in [0, 0.1) is 0 Å². The number of pyridine rings is 1. The number of carbonyl (C=O) groups excluding carboxylic acids is 1. The van der Waals surface area contributed by atoms with E-state index in [2.05, 4.69) is 38.4 Å². The molecule has 2 heterocycles. The zero-order chi connectivity index (χ0) is 16.9. The highest BCUT2D eigenvalue weighted by Gasteiger charge is 2.18. The van der Waals surface area contributed by atoms with E-state index in [4.69, 9.17) is 4.74 Å². The van der Waals surface area contributed by atoms with E-state index in [-0.39, 0.29) is 5.91 Å². The van der Waals surface area contributed by atoms with Crippen LogP contribution in [0.25, 0.3) is 11.1 Å². The average molecular weight is 387 g/mol. The van der Waals surface area contributed by atoms with Gasteiger partial charge in [0.25, 0.3) is 0 Å². The van der Waals surface area contributed by atoms with E-state index in [0.717, 1.165) is 39.1 Å². The molecule has 3 rings (SSSR count).